The van der Waals surface area contributed by atoms with Crippen LogP contribution in [0.3, 0.4) is 0 Å². The molecule has 22 heavy (non-hydrogen) atoms. The molecule has 0 aliphatic carbocycles. The maximum Gasteiger partial charge on any atom is 0.277 e. The number of carbonyl (C=O) groups is 1. The van der Waals surface area contributed by atoms with E-state index in [4.69, 9.17) is 4.74 Å². The lowest BCUT2D eigenvalue weighted by molar-refractivity contribution is 0.102. The molecule has 0 saturated carbocycles. The van der Waals surface area contributed by atoms with Crippen molar-refractivity contribution in [2.24, 2.45) is 7.05 Å². The van der Waals surface area contributed by atoms with Gasteiger partial charge < -0.3 is 15.0 Å². The zero-order chi connectivity index (χ0) is 16.3. The van der Waals surface area contributed by atoms with Crippen molar-refractivity contribution in [1.82, 2.24) is 24.9 Å². The molecule has 2 aromatic heterocycles. The Morgan fingerprint density at radius 3 is 2.82 bits per heavy atom. The molecule has 0 bridgehead atoms. The topological polar surface area (TPSA) is 88.1 Å². The zero-order valence-corrected chi connectivity index (χ0v) is 13.5. The molecule has 2 rings (SSSR count). The highest BCUT2D eigenvalue weighted by molar-refractivity contribution is 6.02. The smallest absolute Gasteiger partial charge is 0.277 e. The first-order valence-corrected chi connectivity index (χ1v) is 7.06. The second-order valence-corrected chi connectivity index (χ2v) is 5.63. The molecule has 0 spiro atoms. The van der Waals surface area contributed by atoms with E-state index in [-0.39, 0.29) is 17.7 Å². The molecule has 0 saturated heterocycles. The molecule has 0 aliphatic heterocycles. The van der Waals surface area contributed by atoms with Gasteiger partial charge in [-0.2, -0.15) is 10.2 Å². The molecule has 2 aromatic rings. The average Bonchev–Trinajstić information content (AvgIpc) is 2.96. The Hall–Kier alpha value is -2.35. The predicted molar refractivity (Wildman–Crippen MR) is 82.9 cm³/mol. The first kappa shape index (κ1) is 16.0. The van der Waals surface area contributed by atoms with Gasteiger partial charge in [0.2, 0.25) is 5.88 Å². The third-order valence-corrected chi connectivity index (χ3v) is 2.79. The molecule has 1 amide bonds. The van der Waals surface area contributed by atoms with E-state index < -0.39 is 0 Å². The fourth-order valence-electron chi connectivity index (χ4n) is 1.94. The van der Waals surface area contributed by atoms with Crippen LogP contribution in [0.25, 0.3) is 0 Å². The predicted octanol–water partition coefficient (Wildman–Crippen LogP) is 1.24. The summed E-state index contributed by atoms with van der Waals surface area (Å²) >= 11 is 0. The summed E-state index contributed by atoms with van der Waals surface area (Å²) in [5.74, 6) is 0.700. The quantitative estimate of drug-likeness (QED) is 0.838. The summed E-state index contributed by atoms with van der Waals surface area (Å²) < 4.78 is 7.11. The van der Waals surface area contributed by atoms with Gasteiger partial charge in [-0.05, 0) is 27.9 Å². The Balaban J connectivity index is 2.04. The first-order chi connectivity index (χ1) is 10.3. The van der Waals surface area contributed by atoms with Crippen molar-refractivity contribution < 1.29 is 9.53 Å². The van der Waals surface area contributed by atoms with E-state index in [0.29, 0.717) is 11.7 Å². The molecule has 8 heteroatoms. The Labute approximate surface area is 129 Å². The maximum atomic E-state index is 12.2. The number of nitrogens with one attached hydrogen (secondary N) is 2. The molecule has 0 aliphatic rings. The molecule has 8 nitrogen and oxygen atoms in total. The van der Waals surface area contributed by atoms with Crippen molar-refractivity contribution in [3.05, 3.63) is 23.5 Å². The van der Waals surface area contributed by atoms with E-state index in [2.05, 4.69) is 20.6 Å². The van der Waals surface area contributed by atoms with Crippen molar-refractivity contribution in [2.75, 3.05) is 19.4 Å². The Kier molecular flexibility index (Phi) is 4.81. The third-order valence-electron chi connectivity index (χ3n) is 2.79. The van der Waals surface area contributed by atoms with E-state index in [0.717, 1.165) is 12.2 Å². The van der Waals surface area contributed by atoms with Crippen LogP contribution in [0.1, 0.15) is 30.0 Å². The summed E-state index contributed by atoms with van der Waals surface area (Å²) in [6.45, 7) is 4.56. The van der Waals surface area contributed by atoms with Crippen molar-refractivity contribution in [2.45, 2.75) is 26.5 Å². The van der Waals surface area contributed by atoms with Crippen LogP contribution in [0.2, 0.25) is 0 Å². The molecule has 0 unspecified atom stereocenters. The minimum absolute atomic E-state index is 0.0197. The fourth-order valence-corrected chi connectivity index (χ4v) is 1.94. The van der Waals surface area contributed by atoms with Gasteiger partial charge >= 0.3 is 0 Å². The second-order valence-electron chi connectivity index (χ2n) is 5.63. The van der Waals surface area contributed by atoms with Crippen LogP contribution in [0.4, 0.5) is 5.82 Å². The van der Waals surface area contributed by atoms with Crippen molar-refractivity contribution in [3.63, 3.8) is 0 Å². The van der Waals surface area contributed by atoms with Crippen LogP contribution in [-0.4, -0.2) is 51.0 Å². The number of hydrogen-bond acceptors (Lipinski definition) is 5. The molecule has 0 aromatic carbocycles. The largest absolute Gasteiger partial charge is 0.475 e. The average molecular weight is 306 g/mol. The lowest BCUT2D eigenvalue weighted by atomic mass is 10.3. The summed E-state index contributed by atoms with van der Waals surface area (Å²) in [4.78, 5) is 14.2. The molecule has 2 heterocycles. The molecule has 2 N–H and O–H groups in total. The molecule has 0 atom stereocenters. The first-order valence-electron chi connectivity index (χ1n) is 7.06. The normalized spacial score (nSPS) is 11.2. The number of H-pyrrole nitrogens is 1. The van der Waals surface area contributed by atoms with Crippen LogP contribution < -0.4 is 10.1 Å². The van der Waals surface area contributed by atoms with E-state index >= 15 is 0 Å². The van der Waals surface area contributed by atoms with Gasteiger partial charge in [-0.1, -0.05) is 0 Å². The summed E-state index contributed by atoms with van der Waals surface area (Å²) in [6, 6.07) is 3.41. The number of aromatic nitrogens is 4. The SMILES string of the molecule is CC(C)Oc1cc(C(=O)Nc2cc(CN(C)C)[nH]n2)nn1C. The Bertz CT molecular complexity index is 644. The minimum atomic E-state index is -0.322. The van der Waals surface area contributed by atoms with E-state index in [1.165, 1.54) is 4.68 Å². The highest BCUT2D eigenvalue weighted by atomic mass is 16.5. The summed E-state index contributed by atoms with van der Waals surface area (Å²) in [5, 5.41) is 13.8. The lowest BCUT2D eigenvalue weighted by Gasteiger charge is -2.07. The number of rotatable bonds is 6. The number of anilines is 1. The number of amides is 1. The second kappa shape index (κ2) is 6.61. The number of aryl methyl sites for hydroxylation is 1. The maximum absolute atomic E-state index is 12.2. The number of carbonyl (C=O) groups excluding carboxylic acids is 1. The van der Waals surface area contributed by atoms with Gasteiger partial charge in [-0.3, -0.25) is 9.89 Å². The molecule has 0 radical (unpaired) electrons. The molecular weight excluding hydrogens is 284 g/mol. The van der Waals surface area contributed by atoms with E-state index in [1.807, 2.05) is 32.8 Å². The monoisotopic (exact) mass is 306 g/mol. The number of ether oxygens (including phenoxy) is 1. The van der Waals surface area contributed by atoms with Crippen molar-refractivity contribution >= 4 is 11.7 Å². The van der Waals surface area contributed by atoms with Gasteiger partial charge in [0, 0.05) is 25.7 Å². The standard InChI is InChI=1S/C14H22N6O2/c1-9(2)22-13-7-11(18-20(13)5)14(21)15-12-6-10(16-17-12)8-19(3)4/h6-7,9H,8H2,1-5H3,(H2,15,16,17,21). The van der Waals surface area contributed by atoms with Crippen molar-refractivity contribution in [3.8, 4) is 5.88 Å². The Morgan fingerprint density at radius 1 is 1.45 bits per heavy atom. The van der Waals surface area contributed by atoms with Gasteiger partial charge in [0.05, 0.1) is 11.8 Å². The summed E-state index contributed by atoms with van der Waals surface area (Å²) in [5.41, 5.74) is 1.21. The van der Waals surface area contributed by atoms with Crippen LogP contribution in [0.15, 0.2) is 12.1 Å². The third kappa shape index (κ3) is 4.08. The Morgan fingerprint density at radius 2 is 2.18 bits per heavy atom. The van der Waals surface area contributed by atoms with Crippen LogP contribution in [-0.2, 0) is 13.6 Å². The van der Waals surface area contributed by atoms with Crippen LogP contribution in [0, 0.1) is 0 Å². The van der Waals surface area contributed by atoms with Gasteiger partial charge in [-0.15, -0.1) is 0 Å². The van der Waals surface area contributed by atoms with Crippen LogP contribution >= 0.6 is 0 Å². The van der Waals surface area contributed by atoms with Crippen LogP contribution in [0.5, 0.6) is 5.88 Å². The zero-order valence-electron chi connectivity index (χ0n) is 13.5. The van der Waals surface area contributed by atoms with Gasteiger partial charge in [0.15, 0.2) is 11.5 Å². The fraction of sp³-hybridized carbons (Fsp3) is 0.500. The van der Waals surface area contributed by atoms with E-state index in [9.17, 15) is 4.79 Å². The van der Waals surface area contributed by atoms with Gasteiger partial charge in [0.25, 0.3) is 5.91 Å². The molecular formula is C14H22N6O2. The lowest BCUT2D eigenvalue weighted by Crippen LogP contribution is -2.13. The van der Waals surface area contributed by atoms with Crippen molar-refractivity contribution in [1.29, 1.82) is 0 Å². The highest BCUT2D eigenvalue weighted by Gasteiger charge is 2.15. The number of aromatic amines is 1. The van der Waals surface area contributed by atoms with Gasteiger partial charge in [0.1, 0.15) is 0 Å². The molecule has 120 valence electrons. The number of hydrogen-bond donors (Lipinski definition) is 2. The highest BCUT2D eigenvalue weighted by Crippen LogP contribution is 2.15. The molecule has 0 fully saturated rings. The number of nitrogens with zero attached hydrogens (tertiary/aromatic N) is 4. The minimum Gasteiger partial charge on any atom is -0.475 e. The summed E-state index contributed by atoms with van der Waals surface area (Å²) in [6.07, 6.45) is 0.0197. The van der Waals surface area contributed by atoms with E-state index in [1.54, 1.807) is 19.2 Å². The summed E-state index contributed by atoms with van der Waals surface area (Å²) in [7, 11) is 5.66. The van der Waals surface area contributed by atoms with Gasteiger partial charge in [-0.25, -0.2) is 4.68 Å².